The van der Waals surface area contributed by atoms with Gasteiger partial charge in [-0.2, -0.15) is 0 Å². The van der Waals surface area contributed by atoms with Crippen molar-refractivity contribution in [2.45, 2.75) is 32.4 Å². The van der Waals surface area contributed by atoms with Crippen molar-refractivity contribution in [1.82, 2.24) is 5.32 Å². The number of carbonyl (C=O) groups excluding carboxylic acids is 1. The maximum Gasteiger partial charge on any atom is 0.261 e. The van der Waals surface area contributed by atoms with Crippen LogP contribution in [0.2, 0.25) is 5.02 Å². The highest BCUT2D eigenvalue weighted by atomic mass is 35.5. The Hall–Kier alpha value is -1.52. The van der Waals surface area contributed by atoms with Crippen LogP contribution in [0.1, 0.15) is 19.4 Å². The van der Waals surface area contributed by atoms with Gasteiger partial charge >= 0.3 is 0 Å². The van der Waals surface area contributed by atoms with E-state index in [4.69, 9.17) is 22.1 Å². The maximum atomic E-state index is 11.7. The molecule has 0 aromatic heterocycles. The van der Waals surface area contributed by atoms with E-state index in [2.05, 4.69) is 11.9 Å². The van der Waals surface area contributed by atoms with Gasteiger partial charge in [0.15, 0.2) is 6.10 Å². The molecule has 110 valence electrons. The standard InChI is InChI=1S/C15H21ClN2O2/c1-4-7-18-15(19)11(3)20-14-6-5-12(8-10(2)17)9-13(14)16/h4-6,9-11H,1,7-8,17H2,2-3H3,(H,18,19). The van der Waals surface area contributed by atoms with E-state index < -0.39 is 6.10 Å². The number of nitrogens with two attached hydrogens (primary N) is 1. The summed E-state index contributed by atoms with van der Waals surface area (Å²) in [5, 5.41) is 3.15. The second kappa shape index (κ2) is 7.92. The fourth-order valence-corrected chi connectivity index (χ4v) is 1.95. The first kappa shape index (κ1) is 16.5. The van der Waals surface area contributed by atoms with Crippen LogP contribution >= 0.6 is 11.6 Å². The lowest BCUT2D eigenvalue weighted by atomic mass is 10.1. The molecule has 1 rings (SSSR count). The van der Waals surface area contributed by atoms with Crippen molar-refractivity contribution in [2.75, 3.05) is 6.54 Å². The maximum absolute atomic E-state index is 11.7. The third kappa shape index (κ3) is 5.23. The zero-order valence-corrected chi connectivity index (χ0v) is 12.6. The number of amides is 1. The number of hydrogen-bond acceptors (Lipinski definition) is 3. The molecule has 0 bridgehead atoms. The second-order valence-corrected chi connectivity index (χ2v) is 5.15. The van der Waals surface area contributed by atoms with Crippen LogP contribution in [0.5, 0.6) is 5.75 Å². The zero-order chi connectivity index (χ0) is 15.1. The highest BCUT2D eigenvalue weighted by molar-refractivity contribution is 6.32. The molecule has 1 aromatic rings. The minimum Gasteiger partial charge on any atom is -0.479 e. The van der Waals surface area contributed by atoms with Crippen LogP contribution in [0.25, 0.3) is 0 Å². The summed E-state index contributed by atoms with van der Waals surface area (Å²) >= 11 is 6.15. The average Bonchev–Trinajstić information content (AvgIpc) is 2.38. The first-order valence-electron chi connectivity index (χ1n) is 6.53. The van der Waals surface area contributed by atoms with E-state index in [1.807, 2.05) is 19.1 Å². The summed E-state index contributed by atoms with van der Waals surface area (Å²) in [7, 11) is 0. The minimum atomic E-state index is -0.619. The van der Waals surface area contributed by atoms with Gasteiger partial charge in [-0.05, 0) is 38.0 Å². The average molecular weight is 297 g/mol. The lowest BCUT2D eigenvalue weighted by molar-refractivity contribution is -0.127. The van der Waals surface area contributed by atoms with E-state index in [1.54, 1.807) is 19.1 Å². The SMILES string of the molecule is C=CCNC(=O)C(C)Oc1ccc(CC(C)N)cc1Cl. The molecule has 2 atom stereocenters. The molecule has 0 radical (unpaired) electrons. The van der Waals surface area contributed by atoms with Crippen LogP contribution in [0.3, 0.4) is 0 Å². The van der Waals surface area contributed by atoms with Crippen molar-refractivity contribution < 1.29 is 9.53 Å². The van der Waals surface area contributed by atoms with Crippen molar-refractivity contribution in [3.8, 4) is 5.75 Å². The van der Waals surface area contributed by atoms with Crippen molar-refractivity contribution in [1.29, 1.82) is 0 Å². The van der Waals surface area contributed by atoms with Crippen LogP contribution in [-0.4, -0.2) is 24.6 Å². The van der Waals surface area contributed by atoms with Gasteiger partial charge < -0.3 is 15.8 Å². The molecule has 2 unspecified atom stereocenters. The summed E-state index contributed by atoms with van der Waals surface area (Å²) < 4.78 is 5.55. The number of nitrogens with one attached hydrogen (secondary N) is 1. The van der Waals surface area contributed by atoms with Crippen molar-refractivity contribution in [3.63, 3.8) is 0 Å². The normalized spacial score (nSPS) is 13.4. The second-order valence-electron chi connectivity index (χ2n) is 4.74. The van der Waals surface area contributed by atoms with Gasteiger partial charge in [-0.15, -0.1) is 6.58 Å². The molecule has 0 aliphatic carbocycles. The Morgan fingerprint density at radius 3 is 2.80 bits per heavy atom. The molecule has 3 N–H and O–H groups in total. The van der Waals surface area contributed by atoms with Crippen LogP contribution in [0.4, 0.5) is 0 Å². The molecule has 0 heterocycles. The van der Waals surface area contributed by atoms with Gasteiger partial charge in [-0.3, -0.25) is 4.79 Å². The third-order valence-corrected chi connectivity index (χ3v) is 2.94. The number of hydrogen-bond donors (Lipinski definition) is 2. The minimum absolute atomic E-state index is 0.0708. The summed E-state index contributed by atoms with van der Waals surface area (Å²) in [5.41, 5.74) is 6.79. The summed E-state index contributed by atoms with van der Waals surface area (Å²) in [6.45, 7) is 7.55. The molecular weight excluding hydrogens is 276 g/mol. The Morgan fingerprint density at radius 2 is 2.25 bits per heavy atom. The molecule has 0 saturated heterocycles. The number of carbonyl (C=O) groups is 1. The number of ether oxygens (including phenoxy) is 1. The van der Waals surface area contributed by atoms with Crippen molar-refractivity contribution in [3.05, 3.63) is 41.4 Å². The molecule has 1 aromatic carbocycles. The van der Waals surface area contributed by atoms with E-state index in [0.29, 0.717) is 17.3 Å². The van der Waals surface area contributed by atoms with Gasteiger partial charge in [0, 0.05) is 12.6 Å². The molecular formula is C15H21ClN2O2. The Kier molecular flexibility index (Phi) is 6.55. The lowest BCUT2D eigenvalue weighted by Crippen LogP contribution is -2.36. The predicted molar refractivity (Wildman–Crippen MR) is 82.1 cm³/mol. The number of benzene rings is 1. The Morgan fingerprint density at radius 1 is 1.55 bits per heavy atom. The van der Waals surface area contributed by atoms with E-state index in [9.17, 15) is 4.79 Å². The van der Waals surface area contributed by atoms with E-state index >= 15 is 0 Å². The monoisotopic (exact) mass is 296 g/mol. The fraction of sp³-hybridized carbons (Fsp3) is 0.400. The van der Waals surface area contributed by atoms with Crippen molar-refractivity contribution in [2.24, 2.45) is 5.73 Å². The molecule has 5 heteroatoms. The number of rotatable bonds is 7. The molecule has 0 saturated carbocycles. The molecule has 1 amide bonds. The quantitative estimate of drug-likeness (QED) is 0.759. The molecule has 0 fully saturated rings. The molecule has 0 spiro atoms. The Bertz CT molecular complexity index is 475. The highest BCUT2D eigenvalue weighted by Crippen LogP contribution is 2.26. The Labute approximate surface area is 124 Å². The van der Waals surface area contributed by atoms with Crippen LogP contribution < -0.4 is 15.8 Å². The van der Waals surface area contributed by atoms with Crippen LogP contribution in [0.15, 0.2) is 30.9 Å². The van der Waals surface area contributed by atoms with Gasteiger partial charge in [0.2, 0.25) is 0 Å². The van der Waals surface area contributed by atoms with Crippen molar-refractivity contribution >= 4 is 17.5 Å². The van der Waals surface area contributed by atoms with E-state index in [0.717, 1.165) is 12.0 Å². The number of halogens is 1. The van der Waals surface area contributed by atoms with Crippen LogP contribution in [0, 0.1) is 0 Å². The zero-order valence-electron chi connectivity index (χ0n) is 11.9. The van der Waals surface area contributed by atoms with Gasteiger partial charge in [-0.25, -0.2) is 0 Å². The van der Waals surface area contributed by atoms with E-state index in [1.165, 1.54) is 0 Å². The fourth-order valence-electron chi connectivity index (χ4n) is 1.70. The van der Waals surface area contributed by atoms with Crippen LogP contribution in [-0.2, 0) is 11.2 Å². The summed E-state index contributed by atoms with van der Waals surface area (Å²) in [4.78, 5) is 11.7. The highest BCUT2D eigenvalue weighted by Gasteiger charge is 2.15. The first-order chi connectivity index (χ1) is 9.43. The Balaban J connectivity index is 2.68. The smallest absolute Gasteiger partial charge is 0.261 e. The predicted octanol–water partition coefficient (Wildman–Crippen LogP) is 2.30. The molecule has 0 aliphatic rings. The van der Waals surface area contributed by atoms with Gasteiger partial charge in [-0.1, -0.05) is 23.7 Å². The summed E-state index contributed by atoms with van der Waals surface area (Å²) in [6, 6.07) is 5.55. The van der Waals surface area contributed by atoms with Gasteiger partial charge in [0.25, 0.3) is 5.91 Å². The molecule has 0 aliphatic heterocycles. The first-order valence-corrected chi connectivity index (χ1v) is 6.91. The molecule has 4 nitrogen and oxygen atoms in total. The van der Waals surface area contributed by atoms with Gasteiger partial charge in [0.1, 0.15) is 5.75 Å². The summed E-state index contributed by atoms with van der Waals surface area (Å²) in [6.07, 6.45) is 1.74. The third-order valence-electron chi connectivity index (χ3n) is 2.65. The topological polar surface area (TPSA) is 64.3 Å². The largest absolute Gasteiger partial charge is 0.479 e. The summed E-state index contributed by atoms with van der Waals surface area (Å²) in [5.74, 6) is 0.280. The molecule has 20 heavy (non-hydrogen) atoms. The lowest BCUT2D eigenvalue weighted by Gasteiger charge is -2.16. The van der Waals surface area contributed by atoms with E-state index in [-0.39, 0.29) is 11.9 Å². The van der Waals surface area contributed by atoms with Gasteiger partial charge in [0.05, 0.1) is 5.02 Å².